The summed E-state index contributed by atoms with van der Waals surface area (Å²) in [4.78, 5) is 28.3. The van der Waals surface area contributed by atoms with E-state index in [2.05, 4.69) is 28.6 Å². The zero-order valence-corrected chi connectivity index (χ0v) is 19.2. The van der Waals surface area contributed by atoms with Gasteiger partial charge in [0.05, 0.1) is 10.2 Å². The minimum atomic E-state index is -1.13. The van der Waals surface area contributed by atoms with E-state index in [1.165, 1.54) is 23.5 Å². The molecule has 7 nitrogen and oxygen atoms in total. The summed E-state index contributed by atoms with van der Waals surface area (Å²) in [5.41, 5.74) is 3.60. The third kappa shape index (κ3) is 5.87. The van der Waals surface area contributed by atoms with Gasteiger partial charge in [0, 0.05) is 17.5 Å². The van der Waals surface area contributed by atoms with E-state index >= 15 is 0 Å². The number of hydrogen-bond donors (Lipinski definition) is 3. The summed E-state index contributed by atoms with van der Waals surface area (Å²) in [6.07, 6.45) is 3.41. The first-order valence-corrected chi connectivity index (χ1v) is 12.0. The van der Waals surface area contributed by atoms with Crippen LogP contribution in [0.4, 0.5) is 5.69 Å². The van der Waals surface area contributed by atoms with Gasteiger partial charge in [0.25, 0.3) is 5.91 Å². The topological polar surface area (TPSA) is 115 Å². The third-order valence-corrected chi connectivity index (χ3v) is 6.35. The minimum absolute atomic E-state index is 0.203. The molecule has 3 aromatic rings. The van der Waals surface area contributed by atoms with Crippen LogP contribution in [0.5, 0.6) is 0 Å². The smallest absolute Gasteiger partial charge is 0.326 e. The molecule has 0 radical (unpaired) electrons. The highest BCUT2D eigenvalue weighted by Gasteiger charge is 2.21. The molecule has 3 N–H and O–H groups in total. The number of nitrogens with zero attached hydrogens (tertiary/aromatic N) is 2. The second-order valence-electron chi connectivity index (χ2n) is 7.03. The number of rotatable bonds is 9. The van der Waals surface area contributed by atoms with E-state index in [0.29, 0.717) is 11.4 Å². The number of hydrogen-bond acceptors (Lipinski definition) is 7. The lowest BCUT2D eigenvalue weighted by molar-refractivity contribution is -0.141. The minimum Gasteiger partial charge on any atom is -0.480 e. The average Bonchev–Trinajstić information content (AvgIpc) is 3.20. The van der Waals surface area contributed by atoms with Crippen molar-refractivity contribution in [2.75, 3.05) is 17.3 Å². The second kappa shape index (κ2) is 10.8. The Hall–Kier alpha value is -3.35. The van der Waals surface area contributed by atoms with Crippen molar-refractivity contribution in [2.24, 2.45) is 0 Å². The normalized spacial score (nSPS) is 12.2. The lowest BCUT2D eigenvalue weighted by Crippen LogP contribution is -2.41. The molecule has 1 unspecified atom stereocenters. The molecule has 0 aliphatic heterocycles. The molecule has 0 aliphatic carbocycles. The molecule has 2 aromatic carbocycles. The Labute approximate surface area is 194 Å². The Balaban J connectivity index is 1.68. The number of fused-ring (bicyclic) bond motifs is 1. The van der Waals surface area contributed by atoms with Crippen LogP contribution in [0.2, 0.25) is 0 Å². The summed E-state index contributed by atoms with van der Waals surface area (Å²) in [5, 5.41) is 24.8. The van der Waals surface area contributed by atoms with Crippen molar-refractivity contribution in [3.8, 4) is 16.6 Å². The number of anilines is 1. The number of aryl methyl sites for hydroxylation is 1. The first-order valence-electron chi connectivity index (χ1n) is 9.78. The van der Waals surface area contributed by atoms with Gasteiger partial charge in [0.15, 0.2) is 0 Å². The summed E-state index contributed by atoms with van der Waals surface area (Å²) in [5.74, 6) is -1.27. The van der Waals surface area contributed by atoms with Crippen LogP contribution in [0.1, 0.15) is 12.0 Å². The SMILES string of the molecule is CSCCC(NC(=O)/C(C#N)=C\Nc1ccc(-c2nc3ccc(C)cc3s2)cc1)C(=O)O. The Morgan fingerprint density at radius 3 is 2.69 bits per heavy atom. The van der Waals surface area contributed by atoms with Crippen LogP contribution in [-0.4, -0.2) is 40.0 Å². The van der Waals surface area contributed by atoms with E-state index in [-0.39, 0.29) is 12.0 Å². The fourth-order valence-corrected chi connectivity index (χ4v) is 4.44. The summed E-state index contributed by atoms with van der Waals surface area (Å²) in [6.45, 7) is 2.05. The molecular formula is C23H22N4O3S2. The Bertz CT molecular complexity index is 1200. The highest BCUT2D eigenvalue weighted by molar-refractivity contribution is 7.98. The number of carbonyl (C=O) groups excluding carboxylic acids is 1. The fraction of sp³-hybridized carbons (Fsp3) is 0.217. The number of thiazole rings is 1. The summed E-state index contributed by atoms with van der Waals surface area (Å²) < 4.78 is 1.13. The Morgan fingerprint density at radius 2 is 2.03 bits per heavy atom. The van der Waals surface area contributed by atoms with Crippen molar-refractivity contribution in [1.82, 2.24) is 10.3 Å². The van der Waals surface area contributed by atoms with Crippen LogP contribution < -0.4 is 10.6 Å². The molecule has 0 spiro atoms. The number of nitrogens with one attached hydrogen (secondary N) is 2. The number of nitriles is 1. The number of benzene rings is 2. The molecule has 1 heterocycles. The van der Waals surface area contributed by atoms with E-state index in [9.17, 15) is 20.0 Å². The van der Waals surface area contributed by atoms with Crippen molar-refractivity contribution in [3.05, 3.63) is 59.8 Å². The van der Waals surface area contributed by atoms with E-state index in [4.69, 9.17) is 0 Å². The van der Waals surface area contributed by atoms with E-state index in [1.54, 1.807) is 11.3 Å². The molecule has 0 bridgehead atoms. The lowest BCUT2D eigenvalue weighted by Gasteiger charge is -2.13. The average molecular weight is 467 g/mol. The number of aliphatic carboxylic acids is 1. The van der Waals surface area contributed by atoms with Gasteiger partial charge in [-0.2, -0.15) is 17.0 Å². The molecule has 0 saturated carbocycles. The number of amides is 1. The maximum atomic E-state index is 12.3. The zero-order chi connectivity index (χ0) is 23.1. The molecule has 9 heteroatoms. The summed E-state index contributed by atoms with van der Waals surface area (Å²) >= 11 is 3.11. The lowest BCUT2D eigenvalue weighted by atomic mass is 10.2. The molecular weight excluding hydrogens is 444 g/mol. The number of aromatic nitrogens is 1. The summed E-state index contributed by atoms with van der Waals surface area (Å²) in [6, 6.07) is 14.4. The highest BCUT2D eigenvalue weighted by atomic mass is 32.2. The Kier molecular flexibility index (Phi) is 7.87. The number of carboxylic acid groups (broad SMARTS) is 1. The van der Waals surface area contributed by atoms with Gasteiger partial charge in [-0.25, -0.2) is 9.78 Å². The van der Waals surface area contributed by atoms with E-state index in [0.717, 1.165) is 20.8 Å². The quantitative estimate of drug-likeness (QED) is 0.316. The molecule has 0 saturated heterocycles. The first-order chi connectivity index (χ1) is 15.4. The molecule has 164 valence electrons. The highest BCUT2D eigenvalue weighted by Crippen LogP contribution is 2.31. The van der Waals surface area contributed by atoms with Gasteiger partial charge in [-0.1, -0.05) is 6.07 Å². The third-order valence-electron chi connectivity index (χ3n) is 4.64. The zero-order valence-electron chi connectivity index (χ0n) is 17.6. The number of thioether (sulfide) groups is 1. The number of carbonyl (C=O) groups is 2. The van der Waals surface area contributed by atoms with Gasteiger partial charge >= 0.3 is 5.97 Å². The maximum absolute atomic E-state index is 12.3. The second-order valence-corrected chi connectivity index (χ2v) is 9.04. The van der Waals surface area contributed by atoms with Crippen LogP contribution in [0.15, 0.2) is 54.2 Å². The van der Waals surface area contributed by atoms with Crippen LogP contribution in [-0.2, 0) is 9.59 Å². The predicted octanol–water partition coefficient (Wildman–Crippen LogP) is 4.41. The van der Waals surface area contributed by atoms with Crippen LogP contribution in [0.25, 0.3) is 20.8 Å². The molecule has 1 atom stereocenters. The standard InChI is InChI=1S/C23H22N4O3S2/c1-14-3-8-18-20(11-14)32-22(27-18)15-4-6-17(7-5-15)25-13-16(12-24)21(28)26-19(23(29)30)9-10-31-2/h3-8,11,13,19,25H,9-10H2,1-2H3,(H,26,28)(H,29,30)/b16-13-. The van der Waals surface area contributed by atoms with Crippen LogP contribution in [0.3, 0.4) is 0 Å². The molecule has 1 amide bonds. The van der Waals surface area contributed by atoms with E-state index < -0.39 is 17.9 Å². The van der Waals surface area contributed by atoms with Crippen LogP contribution in [0, 0.1) is 18.3 Å². The molecule has 0 aliphatic rings. The van der Waals surface area contributed by atoms with Crippen molar-refractivity contribution in [3.63, 3.8) is 0 Å². The first kappa shape index (κ1) is 23.3. The molecule has 3 rings (SSSR count). The van der Waals surface area contributed by atoms with Crippen molar-refractivity contribution in [1.29, 1.82) is 5.26 Å². The van der Waals surface area contributed by atoms with Gasteiger partial charge in [-0.05, 0) is 67.3 Å². The maximum Gasteiger partial charge on any atom is 0.326 e. The Morgan fingerprint density at radius 1 is 1.28 bits per heavy atom. The largest absolute Gasteiger partial charge is 0.480 e. The van der Waals surface area contributed by atoms with Gasteiger partial charge in [0.2, 0.25) is 0 Å². The fourth-order valence-electron chi connectivity index (χ4n) is 2.90. The van der Waals surface area contributed by atoms with Crippen molar-refractivity contribution < 1.29 is 14.7 Å². The van der Waals surface area contributed by atoms with Gasteiger partial charge in [-0.3, -0.25) is 4.79 Å². The van der Waals surface area contributed by atoms with E-state index in [1.807, 2.05) is 48.7 Å². The monoisotopic (exact) mass is 466 g/mol. The van der Waals surface area contributed by atoms with Crippen LogP contribution >= 0.6 is 23.1 Å². The van der Waals surface area contributed by atoms with Gasteiger partial charge < -0.3 is 15.7 Å². The predicted molar refractivity (Wildman–Crippen MR) is 130 cm³/mol. The molecule has 0 fully saturated rings. The molecule has 32 heavy (non-hydrogen) atoms. The van der Waals surface area contributed by atoms with Gasteiger partial charge in [0.1, 0.15) is 22.7 Å². The van der Waals surface area contributed by atoms with Gasteiger partial charge in [-0.15, -0.1) is 11.3 Å². The molecule has 1 aromatic heterocycles. The van der Waals surface area contributed by atoms with Crippen molar-refractivity contribution in [2.45, 2.75) is 19.4 Å². The number of carboxylic acids is 1. The van der Waals surface area contributed by atoms with Crippen molar-refractivity contribution >= 4 is 50.9 Å². The summed E-state index contributed by atoms with van der Waals surface area (Å²) in [7, 11) is 0.